The third-order valence-corrected chi connectivity index (χ3v) is 5.14. The molecule has 0 radical (unpaired) electrons. The summed E-state index contributed by atoms with van der Waals surface area (Å²) in [4.78, 5) is 18.4. The van der Waals surface area contributed by atoms with Crippen molar-refractivity contribution in [3.05, 3.63) is 40.4 Å². The largest absolute Gasteiger partial charge is 0.497 e. The minimum atomic E-state index is -0.292. The Morgan fingerprint density at radius 2 is 1.96 bits per heavy atom. The van der Waals surface area contributed by atoms with Gasteiger partial charge in [-0.2, -0.15) is 0 Å². The number of ether oxygens (including phenoxy) is 2. The Bertz CT molecular complexity index is 966. The van der Waals surface area contributed by atoms with Gasteiger partial charge in [0.25, 0.3) is 5.91 Å². The molecule has 0 aliphatic rings. The smallest absolute Gasteiger partial charge is 0.268 e. The van der Waals surface area contributed by atoms with Gasteiger partial charge >= 0.3 is 0 Å². The molecule has 1 amide bonds. The summed E-state index contributed by atoms with van der Waals surface area (Å²) in [7, 11) is 3.11. The van der Waals surface area contributed by atoms with E-state index in [9.17, 15) is 4.79 Å². The van der Waals surface area contributed by atoms with E-state index in [1.165, 1.54) is 18.4 Å². The van der Waals surface area contributed by atoms with Gasteiger partial charge < -0.3 is 20.5 Å². The molecule has 0 atom stereocenters. The summed E-state index contributed by atoms with van der Waals surface area (Å²) in [6.45, 7) is 3.91. The maximum Gasteiger partial charge on any atom is 0.268 e. The fraction of sp³-hybridized carbons (Fsp3) is 0.222. The number of rotatable bonds is 4. The second-order valence-corrected chi connectivity index (χ2v) is 6.61. The molecular weight excluding hydrogens is 338 g/mol. The van der Waals surface area contributed by atoms with E-state index < -0.39 is 0 Å². The van der Waals surface area contributed by atoms with E-state index in [1.54, 1.807) is 25.3 Å². The molecule has 3 aromatic rings. The van der Waals surface area contributed by atoms with Crippen molar-refractivity contribution in [2.24, 2.45) is 0 Å². The van der Waals surface area contributed by atoms with Crippen LogP contribution >= 0.6 is 11.3 Å². The molecule has 25 heavy (non-hydrogen) atoms. The van der Waals surface area contributed by atoms with E-state index in [4.69, 9.17) is 15.2 Å². The van der Waals surface area contributed by atoms with E-state index in [0.717, 1.165) is 21.5 Å². The number of aryl methyl sites for hydroxylation is 2. The Morgan fingerprint density at radius 3 is 2.64 bits per heavy atom. The van der Waals surface area contributed by atoms with Crippen LogP contribution in [0.3, 0.4) is 0 Å². The average molecular weight is 357 g/mol. The standard InChI is InChI=1S/C18H19N3O3S/c1-9-7-12-15(19)16(25-18(12)20-10(9)2)17(22)21-13-6-5-11(23-3)8-14(13)24-4/h5-8H,19H2,1-4H3,(H,21,22). The van der Waals surface area contributed by atoms with E-state index in [2.05, 4.69) is 10.3 Å². The number of hydrogen-bond acceptors (Lipinski definition) is 6. The van der Waals surface area contributed by atoms with Gasteiger partial charge in [0.05, 0.1) is 25.6 Å². The van der Waals surface area contributed by atoms with Crippen LogP contribution in [0.5, 0.6) is 11.5 Å². The first-order valence-corrected chi connectivity index (χ1v) is 8.45. The maximum absolute atomic E-state index is 12.7. The third-order valence-electron chi connectivity index (χ3n) is 4.03. The molecule has 0 bridgehead atoms. The number of nitrogen functional groups attached to an aromatic ring is 1. The number of carbonyl (C=O) groups is 1. The highest BCUT2D eigenvalue weighted by Gasteiger charge is 2.19. The number of nitrogens with zero attached hydrogens (tertiary/aromatic N) is 1. The van der Waals surface area contributed by atoms with Gasteiger partial charge in [-0.3, -0.25) is 4.79 Å². The van der Waals surface area contributed by atoms with Crippen molar-refractivity contribution in [1.29, 1.82) is 0 Å². The van der Waals surface area contributed by atoms with Gasteiger partial charge in [-0.1, -0.05) is 0 Å². The molecule has 1 aromatic carbocycles. The van der Waals surface area contributed by atoms with Crippen molar-refractivity contribution in [2.75, 3.05) is 25.3 Å². The van der Waals surface area contributed by atoms with Crippen molar-refractivity contribution >= 4 is 38.8 Å². The molecule has 0 saturated heterocycles. The molecule has 0 fully saturated rings. The number of pyridine rings is 1. The topological polar surface area (TPSA) is 86.5 Å². The van der Waals surface area contributed by atoms with Gasteiger partial charge in [0, 0.05) is 17.1 Å². The van der Waals surface area contributed by atoms with Crippen LogP contribution in [0.25, 0.3) is 10.2 Å². The number of carbonyl (C=O) groups excluding carboxylic acids is 1. The van der Waals surface area contributed by atoms with Gasteiger partial charge in [0.2, 0.25) is 0 Å². The van der Waals surface area contributed by atoms with E-state index in [1.807, 2.05) is 19.9 Å². The number of hydrogen-bond donors (Lipinski definition) is 2. The summed E-state index contributed by atoms with van der Waals surface area (Å²) in [5, 5.41) is 3.65. The summed E-state index contributed by atoms with van der Waals surface area (Å²) in [5.74, 6) is 0.864. The fourth-order valence-corrected chi connectivity index (χ4v) is 3.50. The fourth-order valence-electron chi connectivity index (χ4n) is 2.48. The molecule has 2 aromatic heterocycles. The predicted molar refractivity (Wildman–Crippen MR) is 101 cm³/mol. The quantitative estimate of drug-likeness (QED) is 0.742. The number of aromatic nitrogens is 1. The highest BCUT2D eigenvalue weighted by Crippen LogP contribution is 2.35. The van der Waals surface area contributed by atoms with Crippen molar-refractivity contribution in [3.63, 3.8) is 0 Å². The van der Waals surface area contributed by atoms with Crippen LogP contribution in [0.4, 0.5) is 11.4 Å². The Hall–Kier alpha value is -2.80. The highest BCUT2D eigenvalue weighted by molar-refractivity contribution is 7.21. The van der Waals surface area contributed by atoms with Crippen LogP contribution in [-0.2, 0) is 0 Å². The first-order chi connectivity index (χ1) is 11.9. The molecule has 3 N–H and O–H groups in total. The second kappa shape index (κ2) is 6.60. The molecule has 7 heteroatoms. The minimum Gasteiger partial charge on any atom is -0.497 e. The van der Waals surface area contributed by atoms with Crippen LogP contribution in [0.15, 0.2) is 24.3 Å². The van der Waals surface area contributed by atoms with Gasteiger partial charge in [-0.25, -0.2) is 4.98 Å². The van der Waals surface area contributed by atoms with Crippen molar-refractivity contribution in [3.8, 4) is 11.5 Å². The lowest BCUT2D eigenvalue weighted by Crippen LogP contribution is -2.12. The number of nitrogens with two attached hydrogens (primary N) is 1. The van der Waals surface area contributed by atoms with Gasteiger partial charge in [-0.15, -0.1) is 11.3 Å². The molecule has 0 saturated carbocycles. The second-order valence-electron chi connectivity index (χ2n) is 5.61. The van der Waals surface area contributed by atoms with Gasteiger partial charge in [0.15, 0.2) is 0 Å². The number of anilines is 2. The van der Waals surface area contributed by atoms with Crippen molar-refractivity contribution in [1.82, 2.24) is 4.98 Å². The lowest BCUT2D eigenvalue weighted by molar-refractivity contribution is 0.103. The third kappa shape index (κ3) is 3.10. The molecule has 2 heterocycles. The number of amides is 1. The molecule has 6 nitrogen and oxygen atoms in total. The van der Waals surface area contributed by atoms with Gasteiger partial charge in [-0.05, 0) is 37.6 Å². The van der Waals surface area contributed by atoms with Crippen molar-refractivity contribution in [2.45, 2.75) is 13.8 Å². The molecule has 0 unspecified atom stereocenters. The summed E-state index contributed by atoms with van der Waals surface area (Å²) >= 11 is 1.28. The molecule has 0 aliphatic heterocycles. The number of thiophene rings is 1. The van der Waals surface area contributed by atoms with Gasteiger partial charge in [0.1, 0.15) is 21.2 Å². The van der Waals surface area contributed by atoms with E-state index in [-0.39, 0.29) is 5.91 Å². The van der Waals surface area contributed by atoms with Crippen LogP contribution in [0.2, 0.25) is 0 Å². The zero-order valence-corrected chi connectivity index (χ0v) is 15.3. The first-order valence-electron chi connectivity index (χ1n) is 7.64. The van der Waals surface area contributed by atoms with E-state index in [0.29, 0.717) is 27.8 Å². The monoisotopic (exact) mass is 357 g/mol. The molecule has 0 spiro atoms. The number of methoxy groups -OCH3 is 2. The highest BCUT2D eigenvalue weighted by atomic mass is 32.1. The summed E-state index contributed by atoms with van der Waals surface area (Å²) in [6, 6.07) is 7.15. The minimum absolute atomic E-state index is 0.292. The molecule has 0 aliphatic carbocycles. The Kier molecular flexibility index (Phi) is 4.50. The number of benzene rings is 1. The first kappa shape index (κ1) is 17.0. The van der Waals surface area contributed by atoms with Crippen LogP contribution < -0.4 is 20.5 Å². The molecule has 3 rings (SSSR count). The van der Waals surface area contributed by atoms with Crippen LogP contribution in [-0.4, -0.2) is 25.1 Å². The zero-order chi connectivity index (χ0) is 18.1. The Labute approximate surface area is 149 Å². The van der Waals surface area contributed by atoms with Crippen LogP contribution in [0, 0.1) is 13.8 Å². The number of nitrogens with one attached hydrogen (secondary N) is 1. The predicted octanol–water partition coefficient (Wildman–Crippen LogP) is 3.76. The lowest BCUT2D eigenvalue weighted by Gasteiger charge is -2.11. The Balaban J connectivity index is 1.97. The summed E-state index contributed by atoms with van der Waals surface area (Å²) < 4.78 is 10.5. The average Bonchev–Trinajstić information content (AvgIpc) is 2.92. The number of fused-ring (bicyclic) bond motifs is 1. The lowest BCUT2D eigenvalue weighted by atomic mass is 10.1. The molecule has 130 valence electrons. The SMILES string of the molecule is COc1ccc(NC(=O)c2sc3nc(C)c(C)cc3c2N)c(OC)c1. The summed E-state index contributed by atoms with van der Waals surface area (Å²) in [6.07, 6.45) is 0. The Morgan fingerprint density at radius 1 is 1.20 bits per heavy atom. The molecular formula is C18H19N3O3S. The maximum atomic E-state index is 12.7. The van der Waals surface area contributed by atoms with Crippen LogP contribution in [0.1, 0.15) is 20.9 Å². The van der Waals surface area contributed by atoms with E-state index >= 15 is 0 Å². The summed E-state index contributed by atoms with van der Waals surface area (Å²) in [5.41, 5.74) is 9.15. The zero-order valence-electron chi connectivity index (χ0n) is 14.5. The normalized spacial score (nSPS) is 10.7. The van der Waals surface area contributed by atoms with Crippen molar-refractivity contribution < 1.29 is 14.3 Å².